The molecular weight excluding hydrogens is 669 g/mol. The smallest absolute Gasteiger partial charge is 0.139 e. The number of hydrogen-bond acceptors (Lipinski definition) is 3. The number of hydrogen-bond donors (Lipinski definition) is 1. The summed E-state index contributed by atoms with van der Waals surface area (Å²) in [5.41, 5.74) is 13.7. The molecule has 1 aromatic heterocycles. The van der Waals surface area contributed by atoms with Gasteiger partial charge >= 0.3 is 0 Å². The van der Waals surface area contributed by atoms with Crippen molar-refractivity contribution in [3.8, 4) is 11.1 Å². The van der Waals surface area contributed by atoms with Crippen molar-refractivity contribution in [1.82, 2.24) is 9.88 Å². The normalized spacial score (nSPS) is 15.8. The van der Waals surface area contributed by atoms with Crippen LogP contribution in [0.2, 0.25) is 0 Å². The standard InChI is InChI=1S/C51H40N4/c1-51(2)41-24-13-15-27-44(41)54(39-31-29-36(30-32-39)35-17-6-3-7-18-35)46-34-33-45-48(49(46)51)40-23-12-14-26-43(40)55(45)47-28-16-25-42(37-19-8-4-9-20-37)52-50(53-47)38-21-10-5-11-22-38/h3-15,17-34H,16H2,1-2H3,(H,52,53)/b42-25-,47-28?. The van der Waals surface area contributed by atoms with Crippen molar-refractivity contribution in [3.63, 3.8) is 0 Å². The Morgan fingerprint density at radius 1 is 0.527 bits per heavy atom. The number of nitrogens with zero attached hydrogens (tertiary/aromatic N) is 3. The number of benzene rings is 7. The van der Waals surface area contributed by atoms with Crippen molar-refractivity contribution in [2.45, 2.75) is 25.7 Å². The minimum Gasteiger partial charge on any atom is -0.326 e. The van der Waals surface area contributed by atoms with E-state index in [2.05, 4.69) is 211 Å². The number of allylic oxidation sites excluding steroid dienone is 2. The molecule has 0 atom stereocenters. The van der Waals surface area contributed by atoms with Gasteiger partial charge in [-0.1, -0.05) is 159 Å². The molecule has 2 aliphatic heterocycles. The molecular formula is C51H40N4. The van der Waals surface area contributed by atoms with Gasteiger partial charge in [-0.15, -0.1) is 0 Å². The maximum atomic E-state index is 5.29. The van der Waals surface area contributed by atoms with Gasteiger partial charge in [-0.25, -0.2) is 4.99 Å². The molecule has 2 aliphatic rings. The summed E-state index contributed by atoms with van der Waals surface area (Å²) in [6.07, 6.45) is 5.26. The van der Waals surface area contributed by atoms with Crippen molar-refractivity contribution in [3.05, 3.63) is 210 Å². The molecule has 4 heteroatoms. The second kappa shape index (κ2) is 13.2. The number of aromatic nitrogens is 1. The molecule has 0 unspecified atom stereocenters. The number of para-hydroxylation sites is 2. The summed E-state index contributed by atoms with van der Waals surface area (Å²) in [7, 11) is 0. The predicted molar refractivity (Wildman–Crippen MR) is 231 cm³/mol. The topological polar surface area (TPSA) is 32.6 Å². The lowest BCUT2D eigenvalue weighted by atomic mass is 9.72. The molecule has 7 aromatic carbocycles. The summed E-state index contributed by atoms with van der Waals surface area (Å²) in [5, 5.41) is 6.34. The largest absolute Gasteiger partial charge is 0.326 e. The Kier molecular flexibility index (Phi) is 7.85. The minimum absolute atomic E-state index is 0.284. The Morgan fingerprint density at radius 2 is 1.15 bits per heavy atom. The second-order valence-electron chi connectivity index (χ2n) is 14.8. The van der Waals surface area contributed by atoms with Gasteiger partial charge in [-0.3, -0.25) is 4.57 Å². The van der Waals surface area contributed by atoms with Gasteiger partial charge in [0, 0.05) is 27.4 Å². The molecule has 3 heterocycles. The first-order chi connectivity index (χ1) is 27.1. The second-order valence-corrected chi connectivity index (χ2v) is 14.8. The van der Waals surface area contributed by atoms with Crippen LogP contribution in [-0.2, 0) is 5.41 Å². The van der Waals surface area contributed by atoms with Crippen LogP contribution in [-0.4, -0.2) is 10.4 Å². The Balaban J connectivity index is 1.18. The number of amidine groups is 1. The lowest BCUT2D eigenvalue weighted by Gasteiger charge is -2.42. The highest BCUT2D eigenvalue weighted by atomic mass is 15.2. The fourth-order valence-corrected chi connectivity index (χ4v) is 8.62. The molecule has 0 saturated carbocycles. The summed E-state index contributed by atoms with van der Waals surface area (Å²) in [6.45, 7) is 4.77. The molecule has 0 radical (unpaired) electrons. The lowest BCUT2D eigenvalue weighted by molar-refractivity contribution is 0.638. The van der Waals surface area contributed by atoms with Gasteiger partial charge in [0.15, 0.2) is 0 Å². The van der Waals surface area contributed by atoms with Gasteiger partial charge in [0.1, 0.15) is 11.7 Å². The molecule has 264 valence electrons. The van der Waals surface area contributed by atoms with Gasteiger partial charge in [0.2, 0.25) is 0 Å². The summed E-state index contributed by atoms with van der Waals surface area (Å²) < 4.78 is 2.40. The molecule has 0 saturated heterocycles. The number of anilines is 3. The first kappa shape index (κ1) is 32.7. The quantitative estimate of drug-likeness (QED) is 0.193. The van der Waals surface area contributed by atoms with E-state index >= 15 is 0 Å². The van der Waals surface area contributed by atoms with Gasteiger partial charge in [0.25, 0.3) is 0 Å². The average Bonchev–Trinajstić information content (AvgIpc) is 3.56. The van der Waals surface area contributed by atoms with Gasteiger partial charge in [0.05, 0.1) is 28.1 Å². The highest BCUT2D eigenvalue weighted by Gasteiger charge is 2.39. The molecule has 10 rings (SSSR count). The minimum atomic E-state index is -0.284. The van der Waals surface area contributed by atoms with E-state index in [-0.39, 0.29) is 5.41 Å². The highest BCUT2D eigenvalue weighted by molar-refractivity contribution is 6.16. The van der Waals surface area contributed by atoms with Crippen LogP contribution in [0.25, 0.3) is 44.5 Å². The van der Waals surface area contributed by atoms with E-state index < -0.39 is 0 Å². The molecule has 4 nitrogen and oxygen atoms in total. The monoisotopic (exact) mass is 708 g/mol. The zero-order valence-electron chi connectivity index (χ0n) is 30.9. The summed E-state index contributed by atoms with van der Waals surface area (Å²) in [4.78, 5) is 7.75. The Labute approximate surface area is 322 Å². The van der Waals surface area contributed by atoms with Crippen molar-refractivity contribution >= 4 is 56.2 Å². The van der Waals surface area contributed by atoms with Crippen LogP contribution in [0, 0.1) is 0 Å². The van der Waals surface area contributed by atoms with Crippen LogP contribution < -0.4 is 10.2 Å². The lowest BCUT2D eigenvalue weighted by Crippen LogP contribution is -2.31. The van der Waals surface area contributed by atoms with E-state index in [4.69, 9.17) is 4.99 Å². The van der Waals surface area contributed by atoms with Crippen LogP contribution in [0.1, 0.15) is 42.5 Å². The van der Waals surface area contributed by atoms with E-state index in [9.17, 15) is 0 Å². The molecule has 1 N–H and O–H groups in total. The summed E-state index contributed by atoms with van der Waals surface area (Å²) >= 11 is 0. The zero-order valence-corrected chi connectivity index (χ0v) is 30.9. The number of fused-ring (bicyclic) bond motifs is 6. The predicted octanol–water partition coefficient (Wildman–Crippen LogP) is 12.9. The number of nitrogens with one attached hydrogen (secondary N) is 1. The van der Waals surface area contributed by atoms with Crippen LogP contribution >= 0.6 is 0 Å². The van der Waals surface area contributed by atoms with E-state index in [0.717, 1.165) is 51.6 Å². The number of rotatable bonds is 5. The third-order valence-corrected chi connectivity index (χ3v) is 11.2. The van der Waals surface area contributed by atoms with Gasteiger partial charge in [-0.2, -0.15) is 0 Å². The maximum Gasteiger partial charge on any atom is 0.139 e. The third-order valence-electron chi connectivity index (χ3n) is 11.2. The van der Waals surface area contributed by atoms with Crippen molar-refractivity contribution in [2.75, 3.05) is 4.90 Å². The van der Waals surface area contributed by atoms with Crippen molar-refractivity contribution in [1.29, 1.82) is 0 Å². The maximum absolute atomic E-state index is 5.29. The van der Waals surface area contributed by atoms with Gasteiger partial charge < -0.3 is 10.2 Å². The summed E-state index contributed by atoms with van der Waals surface area (Å²) in [6, 6.07) is 62.9. The fraction of sp³-hybridized carbons (Fsp3) is 0.0784. The van der Waals surface area contributed by atoms with Crippen LogP contribution in [0.3, 0.4) is 0 Å². The summed E-state index contributed by atoms with van der Waals surface area (Å²) in [5.74, 6) is 1.80. The Bertz CT molecular complexity index is 2810. The SMILES string of the molecule is CC1(C)c2ccccc2N(c2ccc(-c3ccccc3)cc2)c2ccc3c(c21)c1ccccc1n3C1=CC/C=C(/c2ccccc2)N=C(c2ccccc2)N1. The average molecular weight is 709 g/mol. The van der Waals surface area contributed by atoms with E-state index in [1.807, 2.05) is 6.07 Å². The van der Waals surface area contributed by atoms with E-state index in [1.54, 1.807) is 0 Å². The van der Waals surface area contributed by atoms with Gasteiger partial charge in [-0.05, 0) is 76.7 Å². The number of aliphatic imine (C=N–C) groups is 1. The molecule has 0 amide bonds. The van der Waals surface area contributed by atoms with Crippen LogP contribution in [0.15, 0.2) is 193 Å². The van der Waals surface area contributed by atoms with Crippen LogP contribution in [0.4, 0.5) is 17.1 Å². The highest BCUT2D eigenvalue weighted by Crippen LogP contribution is 2.55. The fourth-order valence-electron chi connectivity index (χ4n) is 8.62. The van der Waals surface area contributed by atoms with Crippen molar-refractivity contribution in [2.24, 2.45) is 4.99 Å². The molecule has 55 heavy (non-hydrogen) atoms. The molecule has 0 bridgehead atoms. The Morgan fingerprint density at radius 3 is 1.89 bits per heavy atom. The molecule has 0 aliphatic carbocycles. The molecule has 0 fully saturated rings. The molecule has 8 aromatic rings. The van der Waals surface area contributed by atoms with E-state index in [1.165, 1.54) is 44.4 Å². The third kappa shape index (κ3) is 5.49. The Hall–Kier alpha value is -6.91. The zero-order chi connectivity index (χ0) is 36.9. The molecule has 0 spiro atoms. The van der Waals surface area contributed by atoms with E-state index in [0.29, 0.717) is 0 Å². The first-order valence-electron chi connectivity index (χ1n) is 19.1. The van der Waals surface area contributed by atoms with Crippen LogP contribution in [0.5, 0.6) is 0 Å². The first-order valence-corrected chi connectivity index (χ1v) is 19.1. The van der Waals surface area contributed by atoms with Crippen molar-refractivity contribution < 1.29 is 0 Å².